The number of carbonyl (C=O) groups excluding carboxylic acids is 1. The van der Waals surface area contributed by atoms with Crippen LogP contribution < -0.4 is 10.5 Å². The van der Waals surface area contributed by atoms with Crippen LogP contribution in [0.2, 0.25) is 5.15 Å². The van der Waals surface area contributed by atoms with Crippen molar-refractivity contribution in [1.82, 2.24) is 9.78 Å². The first-order valence-electron chi connectivity index (χ1n) is 7.41. The Kier molecular flexibility index (Phi) is 5.63. The zero-order valence-corrected chi connectivity index (χ0v) is 15.0. The van der Waals surface area contributed by atoms with Crippen LogP contribution in [0.25, 0.3) is 0 Å². The van der Waals surface area contributed by atoms with Gasteiger partial charge in [-0.2, -0.15) is 5.10 Å². The van der Waals surface area contributed by atoms with E-state index in [0.29, 0.717) is 17.9 Å². The lowest BCUT2D eigenvalue weighted by Crippen LogP contribution is -2.15. The number of rotatable bonds is 6. The molecule has 1 aromatic heterocycles. The van der Waals surface area contributed by atoms with E-state index in [1.165, 1.54) is 18.2 Å². The molecule has 9 heteroatoms. The molecule has 0 spiro atoms. The number of unbranched alkanes of at least 4 members (excludes halogenated alkanes) is 1. The van der Waals surface area contributed by atoms with Crippen LogP contribution in [-0.4, -0.2) is 24.1 Å². The van der Waals surface area contributed by atoms with Crippen molar-refractivity contribution in [3.05, 3.63) is 40.7 Å². The van der Waals surface area contributed by atoms with Gasteiger partial charge in [0.2, 0.25) is 10.0 Å². The maximum absolute atomic E-state index is 12.5. The van der Waals surface area contributed by atoms with Crippen molar-refractivity contribution in [2.24, 2.45) is 5.14 Å². The van der Waals surface area contributed by atoms with Crippen LogP contribution in [0, 0.1) is 6.92 Å². The molecule has 1 aromatic carbocycles. The fraction of sp³-hybridized carbons (Fsp3) is 0.333. The summed E-state index contributed by atoms with van der Waals surface area (Å²) in [7, 11) is -3.84. The number of primary sulfonamides is 1. The first-order chi connectivity index (χ1) is 11.2. The van der Waals surface area contributed by atoms with E-state index in [-0.39, 0.29) is 15.6 Å². The number of sulfonamides is 1. The van der Waals surface area contributed by atoms with Crippen molar-refractivity contribution in [3.8, 4) is 0 Å². The summed E-state index contributed by atoms with van der Waals surface area (Å²) in [6.07, 6.45) is 1.88. The molecule has 24 heavy (non-hydrogen) atoms. The van der Waals surface area contributed by atoms with Gasteiger partial charge in [-0.1, -0.05) is 31.0 Å². The number of nitrogens with two attached hydrogens (primary N) is 1. The number of halogens is 1. The maximum Gasteiger partial charge on any atom is 0.260 e. The summed E-state index contributed by atoms with van der Waals surface area (Å²) >= 11 is 6.25. The van der Waals surface area contributed by atoms with Crippen molar-refractivity contribution in [2.45, 2.75) is 38.1 Å². The third kappa shape index (κ3) is 4.14. The molecule has 0 aliphatic heterocycles. The second kappa shape index (κ2) is 7.33. The number of carbonyl (C=O) groups is 1. The molecule has 2 aromatic rings. The highest BCUT2D eigenvalue weighted by Gasteiger charge is 2.20. The number of aromatic nitrogens is 2. The van der Waals surface area contributed by atoms with Gasteiger partial charge in [0.25, 0.3) is 5.91 Å². The fourth-order valence-corrected chi connectivity index (χ4v) is 3.12. The van der Waals surface area contributed by atoms with Crippen LogP contribution in [-0.2, 0) is 16.6 Å². The van der Waals surface area contributed by atoms with Gasteiger partial charge < -0.3 is 5.32 Å². The van der Waals surface area contributed by atoms with Crippen molar-refractivity contribution < 1.29 is 13.2 Å². The fourth-order valence-electron chi connectivity index (χ4n) is 2.21. The van der Waals surface area contributed by atoms with E-state index in [1.807, 2.05) is 0 Å². The smallest absolute Gasteiger partial charge is 0.260 e. The van der Waals surface area contributed by atoms with Crippen LogP contribution in [0.3, 0.4) is 0 Å². The minimum Gasteiger partial charge on any atom is -0.322 e. The summed E-state index contributed by atoms with van der Waals surface area (Å²) in [6, 6.07) is 5.70. The van der Waals surface area contributed by atoms with Crippen LogP contribution in [0.4, 0.5) is 5.69 Å². The zero-order valence-electron chi connectivity index (χ0n) is 13.4. The molecule has 0 aliphatic carbocycles. The minimum atomic E-state index is -3.84. The molecule has 0 radical (unpaired) electrons. The van der Waals surface area contributed by atoms with E-state index in [9.17, 15) is 13.2 Å². The molecule has 2 rings (SSSR count). The number of nitrogens with one attached hydrogen (secondary N) is 1. The predicted molar refractivity (Wildman–Crippen MR) is 92.7 cm³/mol. The topological polar surface area (TPSA) is 107 Å². The third-order valence-electron chi connectivity index (χ3n) is 3.44. The van der Waals surface area contributed by atoms with Gasteiger partial charge >= 0.3 is 0 Å². The van der Waals surface area contributed by atoms with Crippen LogP contribution in [0.1, 0.15) is 35.8 Å². The van der Waals surface area contributed by atoms with E-state index in [0.717, 1.165) is 12.8 Å². The van der Waals surface area contributed by atoms with Gasteiger partial charge in [0.05, 0.1) is 16.2 Å². The standard InChI is InChI=1S/C15H19ClN4O3S/c1-3-4-8-20-14(16)13(10(2)19-20)15(21)18-11-6-5-7-12(9-11)24(17,22)23/h5-7,9H,3-4,8H2,1-2H3,(H,18,21)(H2,17,22,23). The highest BCUT2D eigenvalue weighted by atomic mass is 35.5. The van der Waals surface area contributed by atoms with E-state index < -0.39 is 15.9 Å². The molecular weight excluding hydrogens is 352 g/mol. The summed E-state index contributed by atoms with van der Waals surface area (Å²) in [5.74, 6) is -0.452. The molecule has 0 atom stereocenters. The molecule has 1 heterocycles. The molecule has 0 saturated heterocycles. The quantitative estimate of drug-likeness (QED) is 0.814. The van der Waals surface area contributed by atoms with E-state index in [1.54, 1.807) is 17.7 Å². The number of benzene rings is 1. The third-order valence-corrected chi connectivity index (χ3v) is 4.73. The monoisotopic (exact) mass is 370 g/mol. The molecule has 0 fully saturated rings. The largest absolute Gasteiger partial charge is 0.322 e. The average molecular weight is 371 g/mol. The van der Waals surface area contributed by atoms with Gasteiger partial charge in [-0.3, -0.25) is 9.48 Å². The van der Waals surface area contributed by atoms with Crippen molar-refractivity contribution in [1.29, 1.82) is 0 Å². The number of nitrogens with zero attached hydrogens (tertiary/aromatic N) is 2. The number of hydrogen-bond donors (Lipinski definition) is 2. The summed E-state index contributed by atoms with van der Waals surface area (Å²) in [5.41, 5.74) is 1.09. The van der Waals surface area contributed by atoms with Gasteiger partial charge in [-0.25, -0.2) is 13.6 Å². The molecular formula is C15H19ClN4O3S. The molecule has 3 N–H and O–H groups in total. The maximum atomic E-state index is 12.5. The van der Waals surface area contributed by atoms with E-state index in [2.05, 4.69) is 17.3 Å². The molecule has 0 saturated carbocycles. The summed E-state index contributed by atoms with van der Waals surface area (Å²) < 4.78 is 24.4. The second-order valence-electron chi connectivity index (χ2n) is 5.35. The van der Waals surface area contributed by atoms with Gasteiger partial charge in [0.15, 0.2) is 0 Å². The molecule has 0 unspecified atom stereocenters. The molecule has 7 nitrogen and oxygen atoms in total. The lowest BCUT2D eigenvalue weighted by atomic mass is 10.2. The van der Waals surface area contributed by atoms with Gasteiger partial charge in [0.1, 0.15) is 5.15 Å². The number of amides is 1. The normalized spacial score (nSPS) is 11.5. The highest BCUT2D eigenvalue weighted by Crippen LogP contribution is 2.22. The van der Waals surface area contributed by atoms with E-state index in [4.69, 9.17) is 16.7 Å². The molecule has 0 aliphatic rings. The molecule has 1 amide bonds. The van der Waals surface area contributed by atoms with Crippen molar-refractivity contribution >= 4 is 33.2 Å². The lowest BCUT2D eigenvalue weighted by Gasteiger charge is -2.07. The SMILES string of the molecule is CCCCn1nc(C)c(C(=O)Nc2cccc(S(N)(=O)=O)c2)c1Cl. The Labute approximate surface area is 145 Å². The zero-order chi connectivity index (χ0) is 17.9. The summed E-state index contributed by atoms with van der Waals surface area (Å²) in [6.45, 7) is 4.38. The summed E-state index contributed by atoms with van der Waals surface area (Å²) in [5, 5.41) is 12.3. The van der Waals surface area contributed by atoms with Crippen LogP contribution in [0.5, 0.6) is 0 Å². The minimum absolute atomic E-state index is 0.0817. The lowest BCUT2D eigenvalue weighted by molar-refractivity contribution is 0.102. The number of aryl methyl sites for hydroxylation is 2. The first kappa shape index (κ1) is 18.4. The predicted octanol–water partition coefficient (Wildman–Crippen LogP) is 2.54. The Hall–Kier alpha value is -1.90. The average Bonchev–Trinajstić information content (AvgIpc) is 2.78. The van der Waals surface area contributed by atoms with Gasteiger partial charge in [0, 0.05) is 12.2 Å². The van der Waals surface area contributed by atoms with Crippen LogP contribution in [0.15, 0.2) is 29.2 Å². The second-order valence-corrected chi connectivity index (χ2v) is 7.27. The Morgan fingerprint density at radius 3 is 2.75 bits per heavy atom. The highest BCUT2D eigenvalue weighted by molar-refractivity contribution is 7.89. The van der Waals surface area contributed by atoms with Crippen molar-refractivity contribution in [2.75, 3.05) is 5.32 Å². The van der Waals surface area contributed by atoms with Crippen molar-refractivity contribution in [3.63, 3.8) is 0 Å². The van der Waals surface area contributed by atoms with Gasteiger partial charge in [-0.15, -0.1) is 0 Å². The van der Waals surface area contributed by atoms with Gasteiger partial charge in [-0.05, 0) is 31.5 Å². The Bertz CT molecular complexity index is 862. The summed E-state index contributed by atoms with van der Waals surface area (Å²) in [4.78, 5) is 12.4. The van der Waals surface area contributed by atoms with Crippen LogP contribution >= 0.6 is 11.6 Å². The Morgan fingerprint density at radius 1 is 1.42 bits per heavy atom. The first-order valence-corrected chi connectivity index (χ1v) is 9.33. The molecule has 0 bridgehead atoms. The number of hydrogen-bond acceptors (Lipinski definition) is 4. The Morgan fingerprint density at radius 2 is 2.12 bits per heavy atom. The molecule has 130 valence electrons. The Balaban J connectivity index is 2.26. The number of anilines is 1. The van der Waals surface area contributed by atoms with E-state index >= 15 is 0 Å².